The zero-order valence-corrected chi connectivity index (χ0v) is 25.5. The van der Waals surface area contributed by atoms with Gasteiger partial charge in [-0.05, 0) is 71.4 Å². The van der Waals surface area contributed by atoms with Crippen molar-refractivity contribution in [1.29, 1.82) is 0 Å². The average molecular weight is 588 g/mol. The molecule has 0 saturated carbocycles. The molecule has 2 rings (SSSR count). The number of ether oxygens (including phenoxy) is 2. The number of hydrogen-bond donors (Lipinski definition) is 6. The summed E-state index contributed by atoms with van der Waals surface area (Å²) in [5, 5.41) is 39.9. The standard InChI is InChI=1S/C32H49N3O7/c1-31(2,3)41-29(39)34-25(19-23-13-8-6-9-14-23)27(37)21-33-22-28(38)26(20-24-15-10-7-11-16-24)35-30(40)42-32(4,5)17-12-18-36/h6-11,13-16,25-28,33,36-38H,12,17-22H2,1-5H3,(H,34,39)(H,35,40)/t25-,26-,27+,28+/m0/s1. The maximum atomic E-state index is 12.8. The SMILES string of the molecule is CC(C)(C)OC(=O)N[C@@H](Cc1ccccc1)[C@H](O)CNC[C@@H](O)[C@H](Cc1ccccc1)NC(=O)OC(C)(C)CCCO. The molecule has 10 nitrogen and oxygen atoms in total. The lowest BCUT2D eigenvalue weighted by Gasteiger charge is -2.30. The second-order valence-corrected chi connectivity index (χ2v) is 12.2. The molecule has 0 aliphatic carbocycles. The summed E-state index contributed by atoms with van der Waals surface area (Å²) in [6.07, 6.45) is -1.59. The van der Waals surface area contributed by atoms with Gasteiger partial charge in [0, 0.05) is 19.7 Å². The first kappa shape index (κ1) is 35.0. The van der Waals surface area contributed by atoms with Crippen LogP contribution in [0.4, 0.5) is 9.59 Å². The quantitative estimate of drug-likeness (QED) is 0.175. The van der Waals surface area contributed by atoms with Crippen molar-refractivity contribution < 1.29 is 34.4 Å². The summed E-state index contributed by atoms with van der Waals surface area (Å²) in [6, 6.07) is 17.6. The number of nitrogens with one attached hydrogen (secondary N) is 3. The predicted octanol–water partition coefficient (Wildman–Crippen LogP) is 3.32. The Morgan fingerprint density at radius 2 is 1.17 bits per heavy atom. The Labute approximate surface area is 249 Å². The van der Waals surface area contributed by atoms with Gasteiger partial charge in [-0.25, -0.2) is 9.59 Å². The van der Waals surface area contributed by atoms with Crippen molar-refractivity contribution in [3.63, 3.8) is 0 Å². The molecule has 4 atom stereocenters. The van der Waals surface area contributed by atoms with Crippen molar-refractivity contribution >= 4 is 12.2 Å². The van der Waals surface area contributed by atoms with E-state index < -0.39 is 47.7 Å². The third-order valence-corrected chi connectivity index (χ3v) is 6.54. The number of benzene rings is 2. The van der Waals surface area contributed by atoms with E-state index in [0.717, 1.165) is 11.1 Å². The predicted molar refractivity (Wildman–Crippen MR) is 162 cm³/mol. The van der Waals surface area contributed by atoms with Gasteiger partial charge < -0.3 is 40.7 Å². The van der Waals surface area contributed by atoms with E-state index in [4.69, 9.17) is 14.6 Å². The van der Waals surface area contributed by atoms with Crippen LogP contribution in [0.15, 0.2) is 60.7 Å². The molecule has 10 heteroatoms. The Hall–Kier alpha value is -3.18. The minimum Gasteiger partial charge on any atom is -0.444 e. The van der Waals surface area contributed by atoms with Gasteiger partial charge in [0.15, 0.2) is 0 Å². The monoisotopic (exact) mass is 587 g/mol. The lowest BCUT2D eigenvalue weighted by atomic mass is 10.00. The molecule has 0 fully saturated rings. The molecule has 0 bridgehead atoms. The van der Waals surface area contributed by atoms with E-state index in [9.17, 15) is 19.8 Å². The average Bonchev–Trinajstić information content (AvgIpc) is 2.91. The number of alkyl carbamates (subject to hydrolysis) is 2. The molecule has 2 aromatic rings. The highest BCUT2D eigenvalue weighted by atomic mass is 16.6. The lowest BCUT2D eigenvalue weighted by molar-refractivity contribution is 0.0205. The van der Waals surface area contributed by atoms with Crippen molar-refractivity contribution in [3.05, 3.63) is 71.8 Å². The van der Waals surface area contributed by atoms with E-state index in [-0.39, 0.29) is 19.7 Å². The number of rotatable bonds is 16. The Morgan fingerprint density at radius 3 is 1.57 bits per heavy atom. The molecular formula is C32H49N3O7. The Kier molecular flexibility index (Phi) is 14.2. The highest BCUT2D eigenvalue weighted by molar-refractivity contribution is 5.68. The number of carbonyl (C=O) groups excluding carboxylic acids is 2. The van der Waals surface area contributed by atoms with Crippen molar-refractivity contribution in [3.8, 4) is 0 Å². The summed E-state index contributed by atoms with van der Waals surface area (Å²) in [5.74, 6) is 0. The van der Waals surface area contributed by atoms with Crippen LogP contribution in [0, 0.1) is 0 Å². The van der Waals surface area contributed by atoms with Crippen LogP contribution in [0.5, 0.6) is 0 Å². The van der Waals surface area contributed by atoms with Gasteiger partial charge in [0.05, 0.1) is 24.3 Å². The maximum Gasteiger partial charge on any atom is 0.407 e. The fourth-order valence-electron chi connectivity index (χ4n) is 4.41. The smallest absolute Gasteiger partial charge is 0.407 e. The summed E-state index contributed by atoms with van der Waals surface area (Å²) in [5.41, 5.74) is 0.382. The summed E-state index contributed by atoms with van der Waals surface area (Å²) < 4.78 is 11.0. The molecule has 0 spiro atoms. The van der Waals surface area contributed by atoms with Crippen molar-refractivity contribution in [2.24, 2.45) is 0 Å². The number of hydrogen-bond acceptors (Lipinski definition) is 8. The van der Waals surface area contributed by atoms with E-state index in [2.05, 4.69) is 16.0 Å². The van der Waals surface area contributed by atoms with E-state index >= 15 is 0 Å². The van der Waals surface area contributed by atoms with Crippen LogP contribution in [0.25, 0.3) is 0 Å². The summed E-state index contributed by atoms with van der Waals surface area (Å²) in [6.45, 7) is 8.98. The second-order valence-electron chi connectivity index (χ2n) is 12.2. The largest absolute Gasteiger partial charge is 0.444 e. The molecule has 0 saturated heterocycles. The molecule has 0 aliphatic rings. The van der Waals surface area contributed by atoms with E-state index in [0.29, 0.717) is 25.7 Å². The third-order valence-electron chi connectivity index (χ3n) is 6.54. The Bertz CT molecular complexity index is 1060. The first-order valence-corrected chi connectivity index (χ1v) is 14.5. The van der Waals surface area contributed by atoms with Gasteiger partial charge in [-0.2, -0.15) is 0 Å². The first-order valence-electron chi connectivity index (χ1n) is 14.5. The fourth-order valence-corrected chi connectivity index (χ4v) is 4.41. The molecule has 0 aliphatic heterocycles. The molecule has 2 aromatic carbocycles. The zero-order valence-electron chi connectivity index (χ0n) is 25.5. The van der Waals surface area contributed by atoms with Crippen LogP contribution >= 0.6 is 0 Å². The molecule has 2 amide bonds. The van der Waals surface area contributed by atoms with Crippen molar-refractivity contribution in [2.75, 3.05) is 19.7 Å². The normalized spacial score (nSPS) is 14.8. The summed E-state index contributed by atoms with van der Waals surface area (Å²) in [4.78, 5) is 25.3. The highest BCUT2D eigenvalue weighted by Crippen LogP contribution is 2.17. The molecular weight excluding hydrogens is 538 g/mol. The Morgan fingerprint density at radius 1 is 0.738 bits per heavy atom. The van der Waals surface area contributed by atoms with Crippen LogP contribution in [-0.4, -0.2) is 82.7 Å². The van der Waals surface area contributed by atoms with E-state index in [1.54, 1.807) is 34.6 Å². The van der Waals surface area contributed by atoms with Gasteiger partial charge >= 0.3 is 12.2 Å². The summed E-state index contributed by atoms with van der Waals surface area (Å²) in [7, 11) is 0. The highest BCUT2D eigenvalue weighted by Gasteiger charge is 2.28. The van der Waals surface area contributed by atoms with Gasteiger partial charge in [-0.3, -0.25) is 0 Å². The molecule has 0 unspecified atom stereocenters. The first-order chi connectivity index (χ1) is 19.8. The van der Waals surface area contributed by atoms with Crippen LogP contribution in [0.3, 0.4) is 0 Å². The van der Waals surface area contributed by atoms with E-state index in [1.165, 1.54) is 0 Å². The zero-order chi connectivity index (χ0) is 31.2. The number of amides is 2. The number of carbonyl (C=O) groups is 2. The molecule has 0 heterocycles. The van der Waals surface area contributed by atoms with Crippen LogP contribution in [0.2, 0.25) is 0 Å². The van der Waals surface area contributed by atoms with E-state index in [1.807, 2.05) is 60.7 Å². The van der Waals surface area contributed by atoms with Gasteiger partial charge in [0.25, 0.3) is 0 Å². The Balaban J connectivity index is 2.04. The third kappa shape index (κ3) is 14.1. The van der Waals surface area contributed by atoms with Crippen molar-refractivity contribution in [1.82, 2.24) is 16.0 Å². The van der Waals surface area contributed by atoms with Gasteiger partial charge in [0.1, 0.15) is 11.2 Å². The minimum absolute atomic E-state index is 0.000770. The van der Waals surface area contributed by atoms with Gasteiger partial charge in [-0.15, -0.1) is 0 Å². The van der Waals surface area contributed by atoms with Crippen LogP contribution in [0.1, 0.15) is 58.6 Å². The summed E-state index contributed by atoms with van der Waals surface area (Å²) >= 11 is 0. The fraction of sp³-hybridized carbons (Fsp3) is 0.562. The van der Waals surface area contributed by atoms with Crippen molar-refractivity contribution in [2.45, 2.75) is 95.8 Å². The molecule has 234 valence electrons. The number of aliphatic hydroxyl groups excluding tert-OH is 3. The topological polar surface area (TPSA) is 149 Å². The molecule has 42 heavy (non-hydrogen) atoms. The van der Waals surface area contributed by atoms with Crippen LogP contribution < -0.4 is 16.0 Å². The van der Waals surface area contributed by atoms with Gasteiger partial charge in [-0.1, -0.05) is 60.7 Å². The van der Waals surface area contributed by atoms with Gasteiger partial charge in [0.2, 0.25) is 0 Å². The molecule has 0 aromatic heterocycles. The molecule has 6 N–H and O–H groups in total. The second kappa shape index (κ2) is 17.1. The van der Waals surface area contributed by atoms with Crippen LogP contribution in [-0.2, 0) is 22.3 Å². The molecule has 0 radical (unpaired) electrons. The maximum absolute atomic E-state index is 12.8. The minimum atomic E-state index is -1.02. The number of aliphatic hydroxyl groups is 3. The lowest BCUT2D eigenvalue weighted by Crippen LogP contribution is -2.53.